The highest BCUT2D eigenvalue weighted by Crippen LogP contribution is 2.35. The minimum Gasteiger partial charge on any atom is -0.504 e. The van der Waals surface area contributed by atoms with Gasteiger partial charge in [-0.2, -0.15) is 0 Å². The zero-order valence-electron chi connectivity index (χ0n) is 8.75. The van der Waals surface area contributed by atoms with Crippen LogP contribution in [0.4, 0.5) is 4.39 Å². The van der Waals surface area contributed by atoms with Crippen molar-refractivity contribution in [3.8, 4) is 11.5 Å². The van der Waals surface area contributed by atoms with E-state index in [1.807, 2.05) is 0 Å². The number of hydrogen-bond donors (Lipinski definition) is 2. The smallest absolute Gasteiger partial charge is 0.196 e. The fourth-order valence-electron chi connectivity index (χ4n) is 1.29. The maximum Gasteiger partial charge on any atom is 0.196 e. The van der Waals surface area contributed by atoms with Crippen LogP contribution in [0.1, 0.15) is 11.1 Å². The summed E-state index contributed by atoms with van der Waals surface area (Å²) in [5, 5.41) is 9.63. The molecule has 0 bridgehead atoms. The van der Waals surface area contributed by atoms with Crippen molar-refractivity contribution in [3.63, 3.8) is 0 Å². The molecule has 1 aromatic carbocycles. The lowest BCUT2D eigenvalue weighted by Gasteiger charge is -2.09. The molecule has 15 heavy (non-hydrogen) atoms. The number of ether oxygens (including phenoxy) is 1. The molecule has 0 saturated heterocycles. The number of halogens is 1. The second-order valence-corrected chi connectivity index (χ2v) is 3.09. The van der Waals surface area contributed by atoms with Crippen LogP contribution < -0.4 is 10.5 Å². The lowest BCUT2D eigenvalue weighted by atomic mass is 10.1. The highest BCUT2D eigenvalue weighted by atomic mass is 19.1. The third kappa shape index (κ3) is 2.27. The molecule has 0 spiro atoms. The van der Waals surface area contributed by atoms with E-state index in [1.54, 1.807) is 19.1 Å². The van der Waals surface area contributed by atoms with Crippen LogP contribution in [0.3, 0.4) is 0 Å². The Morgan fingerprint density at radius 1 is 1.60 bits per heavy atom. The molecular formula is C11H14FNO2. The molecule has 82 valence electrons. The van der Waals surface area contributed by atoms with E-state index in [1.165, 1.54) is 13.2 Å². The van der Waals surface area contributed by atoms with Gasteiger partial charge >= 0.3 is 0 Å². The predicted molar refractivity (Wildman–Crippen MR) is 57.4 cm³/mol. The third-order valence-electron chi connectivity index (χ3n) is 2.14. The van der Waals surface area contributed by atoms with Crippen LogP contribution in [0.15, 0.2) is 12.1 Å². The first-order valence-electron chi connectivity index (χ1n) is 4.54. The molecule has 3 nitrogen and oxygen atoms in total. The van der Waals surface area contributed by atoms with Gasteiger partial charge in [-0.05, 0) is 18.6 Å². The Kier molecular flexibility index (Phi) is 3.68. The molecule has 4 heteroatoms. The topological polar surface area (TPSA) is 55.5 Å². The van der Waals surface area contributed by atoms with Crippen molar-refractivity contribution in [2.75, 3.05) is 13.7 Å². The Balaban J connectivity index is 3.27. The lowest BCUT2D eigenvalue weighted by Crippen LogP contribution is -1.95. The Labute approximate surface area is 88.0 Å². The molecule has 0 heterocycles. The number of aromatic hydroxyl groups is 1. The van der Waals surface area contributed by atoms with Crippen molar-refractivity contribution in [2.24, 2.45) is 5.73 Å². The Bertz CT molecular complexity index is 389. The molecule has 3 N–H and O–H groups in total. The number of phenols is 1. The average molecular weight is 211 g/mol. The fourth-order valence-corrected chi connectivity index (χ4v) is 1.29. The van der Waals surface area contributed by atoms with E-state index in [2.05, 4.69) is 0 Å². The molecule has 0 amide bonds. The number of methoxy groups -OCH3 is 1. The van der Waals surface area contributed by atoms with Gasteiger partial charge in [-0.15, -0.1) is 0 Å². The summed E-state index contributed by atoms with van der Waals surface area (Å²) in [5.74, 6) is -0.885. The molecule has 0 aliphatic carbocycles. The molecule has 0 atom stereocenters. The summed E-state index contributed by atoms with van der Waals surface area (Å²) in [7, 11) is 1.31. The summed E-state index contributed by atoms with van der Waals surface area (Å²) >= 11 is 0. The monoisotopic (exact) mass is 211 g/mol. The quantitative estimate of drug-likeness (QED) is 0.801. The molecule has 0 saturated carbocycles. The molecule has 0 radical (unpaired) electrons. The lowest BCUT2D eigenvalue weighted by molar-refractivity contribution is 0.349. The summed E-state index contributed by atoms with van der Waals surface area (Å²) < 4.78 is 18.1. The van der Waals surface area contributed by atoms with Gasteiger partial charge in [-0.25, -0.2) is 4.39 Å². The van der Waals surface area contributed by atoms with Crippen LogP contribution in [-0.2, 0) is 0 Å². The van der Waals surface area contributed by atoms with E-state index in [-0.39, 0.29) is 11.5 Å². The van der Waals surface area contributed by atoms with Gasteiger partial charge in [-0.3, -0.25) is 0 Å². The zero-order valence-corrected chi connectivity index (χ0v) is 8.75. The summed E-state index contributed by atoms with van der Waals surface area (Å²) in [6.45, 7) is 2.06. The first kappa shape index (κ1) is 11.5. The zero-order chi connectivity index (χ0) is 11.4. The van der Waals surface area contributed by atoms with Crippen LogP contribution in [0, 0.1) is 12.7 Å². The molecule has 0 unspecified atom stereocenters. The summed E-state index contributed by atoms with van der Waals surface area (Å²) in [6.07, 6.45) is 3.35. The van der Waals surface area contributed by atoms with E-state index < -0.39 is 5.82 Å². The van der Waals surface area contributed by atoms with E-state index in [4.69, 9.17) is 10.5 Å². The number of hydrogen-bond acceptors (Lipinski definition) is 3. The predicted octanol–water partition coefficient (Wildman–Crippen LogP) is 1.82. The third-order valence-corrected chi connectivity index (χ3v) is 2.14. The van der Waals surface area contributed by atoms with Crippen LogP contribution in [0.5, 0.6) is 11.5 Å². The largest absolute Gasteiger partial charge is 0.504 e. The van der Waals surface area contributed by atoms with E-state index in [0.29, 0.717) is 17.7 Å². The summed E-state index contributed by atoms with van der Waals surface area (Å²) in [6, 6.07) is 1.31. The van der Waals surface area contributed by atoms with Gasteiger partial charge in [0.15, 0.2) is 17.3 Å². The Morgan fingerprint density at radius 2 is 2.27 bits per heavy atom. The van der Waals surface area contributed by atoms with Gasteiger partial charge in [0.2, 0.25) is 0 Å². The second-order valence-electron chi connectivity index (χ2n) is 3.09. The molecule has 0 aliphatic rings. The highest BCUT2D eigenvalue weighted by Gasteiger charge is 2.13. The molecule has 1 rings (SSSR count). The fraction of sp³-hybridized carbons (Fsp3) is 0.273. The van der Waals surface area contributed by atoms with Crippen LogP contribution >= 0.6 is 0 Å². The Morgan fingerprint density at radius 3 is 2.80 bits per heavy atom. The average Bonchev–Trinajstić information content (AvgIpc) is 2.22. The molecule has 0 aromatic heterocycles. The normalized spacial score (nSPS) is 10.9. The standard InChI is InChI=1S/C11H14FNO2/c1-7-8(4-3-5-13)6-9(12)11(15-2)10(7)14/h3-4,6,14H,5,13H2,1-2H3/b4-3+. The van der Waals surface area contributed by atoms with E-state index >= 15 is 0 Å². The summed E-state index contributed by atoms with van der Waals surface area (Å²) in [4.78, 5) is 0. The van der Waals surface area contributed by atoms with Gasteiger partial charge in [0.1, 0.15) is 0 Å². The van der Waals surface area contributed by atoms with E-state index in [9.17, 15) is 9.50 Å². The maximum absolute atomic E-state index is 13.4. The van der Waals surface area contributed by atoms with Crippen LogP contribution in [0.25, 0.3) is 6.08 Å². The van der Waals surface area contributed by atoms with Gasteiger partial charge in [0.25, 0.3) is 0 Å². The number of nitrogens with two attached hydrogens (primary N) is 1. The van der Waals surface area contributed by atoms with Crippen LogP contribution in [0.2, 0.25) is 0 Å². The number of rotatable bonds is 3. The SMILES string of the molecule is COc1c(F)cc(/C=C/CN)c(C)c1O. The van der Waals surface area contributed by atoms with Crippen molar-refractivity contribution in [2.45, 2.75) is 6.92 Å². The van der Waals surface area contributed by atoms with Crippen LogP contribution in [-0.4, -0.2) is 18.8 Å². The molecular weight excluding hydrogens is 197 g/mol. The highest BCUT2D eigenvalue weighted by molar-refractivity contribution is 5.61. The molecule has 0 aliphatic heterocycles. The van der Waals surface area contributed by atoms with Gasteiger partial charge < -0.3 is 15.6 Å². The van der Waals surface area contributed by atoms with Crippen molar-refractivity contribution in [1.82, 2.24) is 0 Å². The number of benzene rings is 1. The van der Waals surface area contributed by atoms with E-state index in [0.717, 1.165) is 0 Å². The number of phenolic OH excluding ortho intramolecular Hbond substituents is 1. The first-order valence-corrected chi connectivity index (χ1v) is 4.54. The van der Waals surface area contributed by atoms with Crippen molar-refractivity contribution in [1.29, 1.82) is 0 Å². The van der Waals surface area contributed by atoms with Crippen molar-refractivity contribution >= 4 is 6.08 Å². The van der Waals surface area contributed by atoms with Crippen molar-refractivity contribution in [3.05, 3.63) is 29.1 Å². The maximum atomic E-state index is 13.4. The Hall–Kier alpha value is -1.55. The first-order chi connectivity index (χ1) is 7.11. The molecule has 1 aromatic rings. The van der Waals surface area contributed by atoms with Gasteiger partial charge in [0, 0.05) is 12.1 Å². The minimum atomic E-state index is -0.586. The minimum absolute atomic E-state index is 0.127. The van der Waals surface area contributed by atoms with Gasteiger partial charge in [-0.1, -0.05) is 12.2 Å². The summed E-state index contributed by atoms with van der Waals surface area (Å²) in [5.41, 5.74) is 6.45. The second kappa shape index (κ2) is 4.79. The van der Waals surface area contributed by atoms with Crippen molar-refractivity contribution < 1.29 is 14.2 Å². The van der Waals surface area contributed by atoms with Gasteiger partial charge in [0.05, 0.1) is 7.11 Å². The molecule has 0 fully saturated rings.